The van der Waals surface area contributed by atoms with Crippen LogP contribution in [0, 0.1) is 17.8 Å². The molecule has 0 unspecified atom stereocenters. The number of ether oxygens (including phenoxy) is 4. The third-order valence-corrected chi connectivity index (χ3v) is 8.59. The molecule has 4 atom stereocenters. The molecule has 1 fully saturated rings. The Bertz CT molecular complexity index is 1840. The zero-order valence-corrected chi connectivity index (χ0v) is 21.9. The van der Waals surface area contributed by atoms with E-state index < -0.39 is 35.5 Å². The Balaban J connectivity index is 1.37. The molecule has 0 N–H and O–H groups in total. The molecule has 4 aromatic rings. The Morgan fingerprint density at radius 2 is 1.56 bits per heavy atom. The lowest BCUT2D eigenvalue weighted by atomic mass is 9.64. The molecule has 1 aliphatic carbocycles. The number of rotatable bonds is 3. The summed E-state index contributed by atoms with van der Waals surface area (Å²) in [5, 5.41) is 1.89. The summed E-state index contributed by atoms with van der Waals surface area (Å²) in [5.41, 5.74) is 2.60. The summed E-state index contributed by atoms with van der Waals surface area (Å²) in [7, 11) is 1.49. The Morgan fingerprint density at radius 3 is 2.44 bits per heavy atom. The summed E-state index contributed by atoms with van der Waals surface area (Å²) >= 11 is 0. The minimum absolute atomic E-state index is 0.114. The molecule has 4 aromatic carbocycles. The van der Waals surface area contributed by atoms with Gasteiger partial charge in [-0.25, -0.2) is 4.90 Å². The van der Waals surface area contributed by atoms with Gasteiger partial charge < -0.3 is 18.9 Å². The molecule has 0 radical (unpaired) electrons. The highest BCUT2D eigenvalue weighted by Crippen LogP contribution is 2.56. The van der Waals surface area contributed by atoms with Crippen LogP contribution in [0.2, 0.25) is 0 Å². The Morgan fingerprint density at radius 1 is 0.805 bits per heavy atom. The molecular weight excluding hydrogens is 522 g/mol. The third kappa shape index (κ3) is 3.30. The summed E-state index contributed by atoms with van der Waals surface area (Å²) in [6.07, 6.45) is 1.98. The van der Waals surface area contributed by atoms with Crippen LogP contribution in [0.3, 0.4) is 0 Å². The van der Waals surface area contributed by atoms with Gasteiger partial charge in [0.05, 0.1) is 30.6 Å². The van der Waals surface area contributed by atoms with E-state index >= 15 is 0 Å². The fourth-order valence-electron chi connectivity index (χ4n) is 6.83. The number of para-hydroxylation sites is 2. The molecule has 3 aliphatic heterocycles. The number of methoxy groups -OCH3 is 1. The van der Waals surface area contributed by atoms with Crippen LogP contribution in [0.1, 0.15) is 17.0 Å². The van der Waals surface area contributed by atoms with Crippen molar-refractivity contribution < 1.29 is 33.3 Å². The van der Waals surface area contributed by atoms with Gasteiger partial charge in [-0.05, 0) is 52.2 Å². The molecule has 0 aromatic heterocycles. The van der Waals surface area contributed by atoms with Crippen LogP contribution in [-0.2, 0) is 14.4 Å². The van der Waals surface area contributed by atoms with Crippen LogP contribution in [0.15, 0.2) is 84.9 Å². The highest BCUT2D eigenvalue weighted by molar-refractivity contribution is 6.25. The van der Waals surface area contributed by atoms with Gasteiger partial charge in [0.2, 0.25) is 18.6 Å². The number of imide groups is 1. The van der Waals surface area contributed by atoms with Gasteiger partial charge in [-0.15, -0.1) is 0 Å². The number of allylic oxidation sites excluding steroid dienone is 1. The van der Waals surface area contributed by atoms with E-state index in [1.807, 2.05) is 54.6 Å². The predicted molar refractivity (Wildman–Crippen MR) is 149 cm³/mol. The first-order valence-corrected chi connectivity index (χ1v) is 13.4. The molecule has 8 nitrogen and oxygen atoms in total. The lowest BCUT2D eigenvalue weighted by Crippen LogP contribution is -2.42. The minimum Gasteiger partial charge on any atom is -0.495 e. The van der Waals surface area contributed by atoms with Gasteiger partial charge in [0, 0.05) is 11.5 Å². The second-order valence-electron chi connectivity index (χ2n) is 10.6. The van der Waals surface area contributed by atoms with Crippen LogP contribution >= 0.6 is 0 Å². The van der Waals surface area contributed by atoms with Crippen molar-refractivity contribution in [3.8, 4) is 23.0 Å². The fourth-order valence-corrected chi connectivity index (χ4v) is 6.83. The van der Waals surface area contributed by atoms with Crippen LogP contribution < -0.4 is 23.8 Å². The Hall–Kier alpha value is -5.11. The molecule has 0 bridgehead atoms. The maximum atomic E-state index is 14.3. The van der Waals surface area contributed by atoms with Gasteiger partial charge in [-0.3, -0.25) is 14.4 Å². The van der Waals surface area contributed by atoms with E-state index in [1.165, 1.54) is 12.0 Å². The highest BCUT2D eigenvalue weighted by Gasteiger charge is 2.61. The average Bonchev–Trinajstić information content (AvgIpc) is 3.58. The van der Waals surface area contributed by atoms with Gasteiger partial charge >= 0.3 is 5.97 Å². The third-order valence-electron chi connectivity index (χ3n) is 8.59. The lowest BCUT2D eigenvalue weighted by Gasteiger charge is -2.38. The van der Waals surface area contributed by atoms with Crippen molar-refractivity contribution >= 4 is 39.8 Å². The number of benzene rings is 4. The van der Waals surface area contributed by atoms with E-state index in [2.05, 4.69) is 0 Å². The van der Waals surface area contributed by atoms with Gasteiger partial charge in [-0.1, -0.05) is 54.6 Å². The quantitative estimate of drug-likeness (QED) is 0.201. The Kier molecular flexibility index (Phi) is 5.04. The molecule has 1 saturated heterocycles. The maximum absolute atomic E-state index is 14.3. The number of esters is 1. The van der Waals surface area contributed by atoms with Gasteiger partial charge in [-0.2, -0.15) is 0 Å². The van der Waals surface area contributed by atoms with E-state index in [1.54, 1.807) is 30.3 Å². The van der Waals surface area contributed by atoms with Gasteiger partial charge in [0.25, 0.3) is 0 Å². The molecule has 3 heterocycles. The molecule has 8 rings (SSSR count). The van der Waals surface area contributed by atoms with Crippen molar-refractivity contribution in [2.45, 2.75) is 5.92 Å². The van der Waals surface area contributed by atoms with Crippen LogP contribution in [-0.4, -0.2) is 31.7 Å². The van der Waals surface area contributed by atoms with E-state index in [0.717, 1.165) is 21.9 Å². The molecule has 8 heteroatoms. The average molecular weight is 546 g/mol. The number of fused-ring (bicyclic) bond motifs is 8. The number of carbonyl (C=O) groups is 3. The van der Waals surface area contributed by atoms with Crippen molar-refractivity contribution in [3.63, 3.8) is 0 Å². The van der Waals surface area contributed by atoms with Crippen molar-refractivity contribution in [1.82, 2.24) is 0 Å². The summed E-state index contributed by atoms with van der Waals surface area (Å²) in [5.74, 6) is -2.63. The lowest BCUT2D eigenvalue weighted by molar-refractivity contribution is -0.142. The number of carbonyl (C=O) groups excluding carboxylic acids is 3. The first-order valence-electron chi connectivity index (χ1n) is 13.4. The first kappa shape index (κ1) is 23.7. The number of amides is 2. The van der Waals surface area contributed by atoms with Crippen molar-refractivity contribution in [1.29, 1.82) is 0 Å². The van der Waals surface area contributed by atoms with Crippen molar-refractivity contribution in [2.75, 3.05) is 18.8 Å². The number of hydrogen-bond acceptors (Lipinski definition) is 7. The number of nitrogens with zero attached hydrogens (tertiary/aromatic N) is 1. The smallest absolute Gasteiger partial charge is 0.319 e. The largest absolute Gasteiger partial charge is 0.495 e. The second kappa shape index (κ2) is 8.69. The molecule has 0 spiro atoms. The Labute approximate surface area is 234 Å². The number of anilines is 1. The van der Waals surface area contributed by atoms with Crippen LogP contribution in [0.4, 0.5) is 5.69 Å². The van der Waals surface area contributed by atoms with Gasteiger partial charge in [0.1, 0.15) is 11.5 Å². The topological polar surface area (TPSA) is 91.4 Å². The molecular formula is C33H23NO7. The zero-order chi connectivity index (χ0) is 27.8. The predicted octanol–water partition coefficient (Wildman–Crippen LogP) is 5.10. The standard InChI is InChI=1S/C33H23NO7/c1-38-23-9-5-4-8-22(23)34-31(35)28-20(18-11-12-24-26(14-18)40-16-39-24)15-21-27-19-7-3-2-6-17(19)10-13-25(27)41-33(37)29(21)30(28)32(34)36/h2-15,20,28-30H,16H2,1H3/t20-,28-,29+,30-/m0/s1. The van der Waals surface area contributed by atoms with E-state index in [-0.39, 0.29) is 12.7 Å². The normalized spacial score (nSPS) is 24.0. The zero-order valence-electron chi connectivity index (χ0n) is 21.9. The summed E-state index contributed by atoms with van der Waals surface area (Å²) in [6.45, 7) is 0.114. The summed E-state index contributed by atoms with van der Waals surface area (Å²) in [6, 6.07) is 24.0. The molecule has 4 aliphatic rings. The monoisotopic (exact) mass is 545 g/mol. The van der Waals surface area contributed by atoms with Gasteiger partial charge in [0.15, 0.2) is 11.5 Å². The number of hydrogen-bond donors (Lipinski definition) is 0. The van der Waals surface area contributed by atoms with Crippen molar-refractivity contribution in [3.05, 3.63) is 96.1 Å². The second-order valence-corrected chi connectivity index (χ2v) is 10.6. The van der Waals surface area contributed by atoms with E-state index in [4.69, 9.17) is 18.9 Å². The summed E-state index contributed by atoms with van der Waals surface area (Å²) in [4.78, 5) is 43.5. The molecule has 41 heavy (non-hydrogen) atoms. The molecule has 202 valence electrons. The van der Waals surface area contributed by atoms with Crippen LogP contribution in [0.5, 0.6) is 23.0 Å². The summed E-state index contributed by atoms with van der Waals surface area (Å²) < 4.78 is 22.5. The highest BCUT2D eigenvalue weighted by atomic mass is 16.7. The SMILES string of the molecule is COc1ccccc1N1C(=O)[C@@H]2[C@@H]3C(=O)Oc4ccc5ccccc5c4C3=C[C@@H](c3ccc4c(c3)OCO4)[C@@H]2C1=O. The van der Waals surface area contributed by atoms with Crippen LogP contribution in [0.25, 0.3) is 16.3 Å². The van der Waals surface area contributed by atoms with E-state index in [0.29, 0.717) is 34.3 Å². The molecule has 2 amide bonds. The first-order chi connectivity index (χ1) is 20.0. The molecule has 0 saturated carbocycles. The maximum Gasteiger partial charge on any atom is 0.319 e. The van der Waals surface area contributed by atoms with Crippen molar-refractivity contribution in [2.24, 2.45) is 17.8 Å². The fraction of sp³-hybridized carbons (Fsp3) is 0.182. The van der Waals surface area contributed by atoms with E-state index in [9.17, 15) is 14.4 Å². The minimum atomic E-state index is -0.970.